The second kappa shape index (κ2) is 5.22. The summed E-state index contributed by atoms with van der Waals surface area (Å²) in [6.07, 6.45) is 2.41. The van der Waals surface area contributed by atoms with E-state index in [9.17, 15) is 4.79 Å². The highest BCUT2D eigenvalue weighted by molar-refractivity contribution is 6.05. The third-order valence-electron chi connectivity index (χ3n) is 3.03. The standard InChI is InChI=1S/C15H13N3O2/c16-5-7-20-13-8-11(9-19)18-15-12(13)4-3-10-2-1-6-17-14(10)15/h1-4,6,8-9H,5,7,16H2. The van der Waals surface area contributed by atoms with E-state index in [0.29, 0.717) is 36.4 Å². The molecule has 2 aromatic heterocycles. The lowest BCUT2D eigenvalue weighted by molar-refractivity contribution is 0.111. The third-order valence-corrected chi connectivity index (χ3v) is 3.03. The predicted molar refractivity (Wildman–Crippen MR) is 77.0 cm³/mol. The van der Waals surface area contributed by atoms with Gasteiger partial charge in [0, 0.05) is 29.6 Å². The molecular formula is C15H13N3O2. The number of carbonyl (C=O) groups excluding carboxylic acids is 1. The Morgan fingerprint density at radius 1 is 1.25 bits per heavy atom. The maximum absolute atomic E-state index is 11.0. The minimum Gasteiger partial charge on any atom is -0.491 e. The molecule has 0 atom stereocenters. The van der Waals surface area contributed by atoms with Crippen LogP contribution in [-0.4, -0.2) is 29.4 Å². The van der Waals surface area contributed by atoms with Crippen molar-refractivity contribution in [3.8, 4) is 5.75 Å². The summed E-state index contributed by atoms with van der Waals surface area (Å²) in [5, 5.41) is 1.80. The van der Waals surface area contributed by atoms with E-state index in [-0.39, 0.29) is 0 Å². The number of benzene rings is 1. The molecule has 1 aromatic carbocycles. The largest absolute Gasteiger partial charge is 0.491 e. The first-order valence-electron chi connectivity index (χ1n) is 6.30. The van der Waals surface area contributed by atoms with Crippen molar-refractivity contribution in [1.29, 1.82) is 0 Å². The number of aldehydes is 1. The highest BCUT2D eigenvalue weighted by atomic mass is 16.5. The summed E-state index contributed by atoms with van der Waals surface area (Å²) in [4.78, 5) is 19.7. The number of ether oxygens (including phenoxy) is 1. The molecule has 3 rings (SSSR count). The minimum atomic E-state index is 0.322. The van der Waals surface area contributed by atoms with Crippen LogP contribution in [0.15, 0.2) is 36.5 Å². The van der Waals surface area contributed by atoms with Crippen molar-refractivity contribution in [3.05, 3.63) is 42.2 Å². The molecular weight excluding hydrogens is 254 g/mol. The predicted octanol–water partition coefficient (Wildman–Crippen LogP) is 1.93. The highest BCUT2D eigenvalue weighted by Crippen LogP contribution is 2.29. The Bertz CT molecular complexity index is 787. The van der Waals surface area contributed by atoms with Gasteiger partial charge in [0.15, 0.2) is 6.29 Å². The van der Waals surface area contributed by atoms with Gasteiger partial charge in [0.25, 0.3) is 0 Å². The number of nitrogens with two attached hydrogens (primary N) is 1. The van der Waals surface area contributed by atoms with Crippen LogP contribution in [-0.2, 0) is 0 Å². The quantitative estimate of drug-likeness (QED) is 0.577. The molecule has 0 aliphatic carbocycles. The minimum absolute atomic E-state index is 0.322. The van der Waals surface area contributed by atoms with Gasteiger partial charge in [-0.2, -0.15) is 0 Å². The summed E-state index contributed by atoms with van der Waals surface area (Å²) in [6, 6.07) is 9.33. The van der Waals surface area contributed by atoms with E-state index < -0.39 is 0 Å². The Morgan fingerprint density at radius 3 is 2.95 bits per heavy atom. The summed E-state index contributed by atoms with van der Waals surface area (Å²) in [7, 11) is 0. The van der Waals surface area contributed by atoms with E-state index in [0.717, 1.165) is 16.3 Å². The molecule has 20 heavy (non-hydrogen) atoms. The number of pyridine rings is 2. The van der Waals surface area contributed by atoms with Crippen LogP contribution in [0.3, 0.4) is 0 Å². The topological polar surface area (TPSA) is 78.1 Å². The lowest BCUT2D eigenvalue weighted by Gasteiger charge is -2.10. The van der Waals surface area contributed by atoms with E-state index in [1.54, 1.807) is 12.3 Å². The lowest BCUT2D eigenvalue weighted by atomic mass is 10.1. The number of nitrogens with zero attached hydrogens (tertiary/aromatic N) is 2. The monoisotopic (exact) mass is 267 g/mol. The second-order valence-corrected chi connectivity index (χ2v) is 4.34. The average molecular weight is 267 g/mol. The second-order valence-electron chi connectivity index (χ2n) is 4.34. The molecule has 0 unspecified atom stereocenters. The molecule has 0 fully saturated rings. The maximum Gasteiger partial charge on any atom is 0.168 e. The van der Waals surface area contributed by atoms with Crippen molar-refractivity contribution in [2.24, 2.45) is 5.73 Å². The molecule has 5 nitrogen and oxygen atoms in total. The molecule has 2 heterocycles. The average Bonchev–Trinajstić information content (AvgIpc) is 2.52. The number of hydrogen-bond acceptors (Lipinski definition) is 5. The first-order chi connectivity index (χ1) is 9.83. The van der Waals surface area contributed by atoms with Crippen molar-refractivity contribution in [3.63, 3.8) is 0 Å². The summed E-state index contributed by atoms with van der Waals surface area (Å²) in [5.74, 6) is 0.607. The fraction of sp³-hybridized carbons (Fsp3) is 0.133. The van der Waals surface area contributed by atoms with Crippen molar-refractivity contribution in [2.45, 2.75) is 0 Å². The van der Waals surface area contributed by atoms with Gasteiger partial charge in [-0.1, -0.05) is 12.1 Å². The van der Waals surface area contributed by atoms with Crippen LogP contribution in [0.2, 0.25) is 0 Å². The van der Waals surface area contributed by atoms with Crippen LogP contribution in [0.4, 0.5) is 0 Å². The molecule has 0 aliphatic rings. The number of fused-ring (bicyclic) bond motifs is 3. The van der Waals surface area contributed by atoms with Crippen molar-refractivity contribution < 1.29 is 9.53 Å². The molecule has 0 saturated heterocycles. The SMILES string of the molecule is NCCOc1cc(C=O)nc2c1ccc1cccnc12. The van der Waals surface area contributed by atoms with Crippen molar-refractivity contribution in [2.75, 3.05) is 13.2 Å². The number of aromatic nitrogens is 2. The Hall–Kier alpha value is -2.53. The Balaban J connectivity index is 2.33. The fourth-order valence-electron chi connectivity index (χ4n) is 2.16. The molecule has 0 aliphatic heterocycles. The van der Waals surface area contributed by atoms with Crippen molar-refractivity contribution >= 4 is 28.1 Å². The summed E-state index contributed by atoms with van der Waals surface area (Å²) >= 11 is 0. The van der Waals surface area contributed by atoms with Gasteiger partial charge in [0.2, 0.25) is 0 Å². The molecule has 0 spiro atoms. The smallest absolute Gasteiger partial charge is 0.168 e. The number of carbonyl (C=O) groups is 1. The van der Waals surface area contributed by atoms with Gasteiger partial charge in [-0.05, 0) is 12.1 Å². The molecule has 0 saturated carbocycles. The Kier molecular flexibility index (Phi) is 3.26. The van der Waals surface area contributed by atoms with Crippen LogP contribution in [0.5, 0.6) is 5.75 Å². The maximum atomic E-state index is 11.0. The van der Waals surface area contributed by atoms with E-state index >= 15 is 0 Å². The van der Waals surface area contributed by atoms with Gasteiger partial charge < -0.3 is 10.5 Å². The summed E-state index contributed by atoms with van der Waals surface area (Å²) in [6.45, 7) is 0.795. The van der Waals surface area contributed by atoms with Crippen LogP contribution >= 0.6 is 0 Å². The number of rotatable bonds is 4. The van der Waals surface area contributed by atoms with Gasteiger partial charge in [-0.25, -0.2) is 4.98 Å². The van der Waals surface area contributed by atoms with Gasteiger partial charge in [0.05, 0.1) is 5.52 Å². The van der Waals surface area contributed by atoms with Gasteiger partial charge in [0.1, 0.15) is 23.6 Å². The van der Waals surface area contributed by atoms with Crippen molar-refractivity contribution in [1.82, 2.24) is 9.97 Å². The Morgan fingerprint density at radius 2 is 2.15 bits per heavy atom. The number of hydrogen-bond donors (Lipinski definition) is 1. The lowest BCUT2D eigenvalue weighted by Crippen LogP contribution is -2.11. The van der Waals surface area contributed by atoms with Gasteiger partial charge in [-0.3, -0.25) is 9.78 Å². The van der Waals surface area contributed by atoms with E-state index in [1.165, 1.54) is 0 Å². The first kappa shape index (κ1) is 12.5. The van der Waals surface area contributed by atoms with E-state index in [2.05, 4.69) is 9.97 Å². The zero-order valence-corrected chi connectivity index (χ0v) is 10.7. The van der Waals surface area contributed by atoms with Crippen LogP contribution in [0, 0.1) is 0 Å². The highest BCUT2D eigenvalue weighted by Gasteiger charge is 2.10. The van der Waals surface area contributed by atoms with Crippen LogP contribution in [0.25, 0.3) is 21.8 Å². The molecule has 0 bridgehead atoms. The van der Waals surface area contributed by atoms with E-state index in [1.807, 2.05) is 24.3 Å². The summed E-state index contributed by atoms with van der Waals surface area (Å²) in [5.41, 5.74) is 7.20. The van der Waals surface area contributed by atoms with E-state index in [4.69, 9.17) is 10.5 Å². The zero-order chi connectivity index (χ0) is 13.9. The van der Waals surface area contributed by atoms with Crippen LogP contribution in [0.1, 0.15) is 10.5 Å². The van der Waals surface area contributed by atoms with Crippen LogP contribution < -0.4 is 10.5 Å². The van der Waals surface area contributed by atoms with Gasteiger partial charge >= 0.3 is 0 Å². The molecule has 2 N–H and O–H groups in total. The molecule has 100 valence electrons. The Labute approximate surface area is 115 Å². The molecule has 5 heteroatoms. The van der Waals surface area contributed by atoms with Gasteiger partial charge in [-0.15, -0.1) is 0 Å². The third kappa shape index (κ3) is 2.08. The molecule has 0 amide bonds. The first-order valence-corrected chi connectivity index (χ1v) is 6.30. The fourth-order valence-corrected chi connectivity index (χ4v) is 2.16. The molecule has 0 radical (unpaired) electrons. The zero-order valence-electron chi connectivity index (χ0n) is 10.7. The normalized spacial score (nSPS) is 10.8. The summed E-state index contributed by atoms with van der Waals surface area (Å²) < 4.78 is 5.61. The molecule has 3 aromatic rings.